The van der Waals surface area contributed by atoms with E-state index in [-0.39, 0.29) is 5.91 Å². The number of hydrogen-bond donors (Lipinski definition) is 1. The molecule has 1 aliphatic heterocycles. The average molecular weight is 296 g/mol. The van der Waals surface area contributed by atoms with E-state index in [1.54, 1.807) is 12.3 Å². The van der Waals surface area contributed by atoms with Crippen molar-refractivity contribution >= 4 is 23.3 Å². The fraction of sp³-hybridized carbons (Fsp3) is 0.600. The maximum atomic E-state index is 12.4. The van der Waals surface area contributed by atoms with Crippen LogP contribution in [0.2, 0.25) is 5.02 Å². The van der Waals surface area contributed by atoms with Gasteiger partial charge < -0.3 is 10.2 Å². The van der Waals surface area contributed by atoms with Crippen LogP contribution in [0.25, 0.3) is 0 Å². The van der Waals surface area contributed by atoms with Gasteiger partial charge in [0.1, 0.15) is 5.82 Å². The first-order chi connectivity index (χ1) is 9.52. The minimum Gasteiger partial charge on any atom is -0.369 e. The smallest absolute Gasteiger partial charge is 0.255 e. The van der Waals surface area contributed by atoms with Crippen LogP contribution >= 0.6 is 11.6 Å². The molecule has 1 aliphatic rings. The Hall–Kier alpha value is -1.29. The summed E-state index contributed by atoms with van der Waals surface area (Å²) in [4.78, 5) is 18.6. The molecule has 5 heteroatoms. The van der Waals surface area contributed by atoms with Gasteiger partial charge in [0.05, 0.1) is 10.6 Å². The van der Waals surface area contributed by atoms with Crippen molar-refractivity contribution in [3.8, 4) is 0 Å². The quantitative estimate of drug-likeness (QED) is 0.927. The minimum atomic E-state index is 0.0256. The van der Waals surface area contributed by atoms with Crippen molar-refractivity contribution in [2.45, 2.75) is 27.2 Å². The van der Waals surface area contributed by atoms with Crippen LogP contribution in [0.3, 0.4) is 0 Å². The zero-order chi connectivity index (χ0) is 14.7. The monoisotopic (exact) mass is 295 g/mol. The van der Waals surface area contributed by atoms with E-state index in [2.05, 4.69) is 31.1 Å². The molecule has 110 valence electrons. The van der Waals surface area contributed by atoms with Crippen LogP contribution in [0.4, 0.5) is 5.82 Å². The molecule has 4 nitrogen and oxygen atoms in total. The maximum Gasteiger partial charge on any atom is 0.255 e. The standard InChI is InChI=1S/C15H22ClN3O/c1-4-5-17-14-13(16)6-12(7-18-14)15(20)19-8-10(2)11(3)9-19/h6-7,10-11H,4-5,8-9H2,1-3H3,(H,17,18). The van der Waals surface area contributed by atoms with Gasteiger partial charge in [0.25, 0.3) is 5.91 Å². The molecule has 0 saturated carbocycles. The van der Waals surface area contributed by atoms with E-state index in [4.69, 9.17) is 11.6 Å². The highest BCUT2D eigenvalue weighted by atomic mass is 35.5. The van der Waals surface area contributed by atoms with Gasteiger partial charge in [-0.25, -0.2) is 4.98 Å². The Balaban J connectivity index is 2.09. The number of anilines is 1. The zero-order valence-corrected chi connectivity index (χ0v) is 13.1. The minimum absolute atomic E-state index is 0.0256. The van der Waals surface area contributed by atoms with Gasteiger partial charge in [0, 0.05) is 25.8 Å². The molecule has 2 rings (SSSR count). The normalized spacial score (nSPS) is 22.1. The summed E-state index contributed by atoms with van der Waals surface area (Å²) in [5, 5.41) is 3.65. The number of nitrogens with one attached hydrogen (secondary N) is 1. The first kappa shape index (κ1) is 15.1. The van der Waals surface area contributed by atoms with Crippen molar-refractivity contribution in [3.63, 3.8) is 0 Å². The maximum absolute atomic E-state index is 12.4. The van der Waals surface area contributed by atoms with Crippen molar-refractivity contribution in [2.24, 2.45) is 11.8 Å². The molecule has 1 aromatic heterocycles. The number of amides is 1. The number of rotatable bonds is 4. The van der Waals surface area contributed by atoms with E-state index in [0.29, 0.717) is 28.2 Å². The van der Waals surface area contributed by atoms with E-state index >= 15 is 0 Å². The third-order valence-corrected chi connectivity index (χ3v) is 4.19. The molecule has 0 spiro atoms. The van der Waals surface area contributed by atoms with E-state index in [1.807, 2.05) is 4.90 Å². The van der Waals surface area contributed by atoms with Crippen LogP contribution in [0.15, 0.2) is 12.3 Å². The van der Waals surface area contributed by atoms with Crippen molar-refractivity contribution in [1.82, 2.24) is 9.88 Å². The lowest BCUT2D eigenvalue weighted by Crippen LogP contribution is -2.29. The lowest BCUT2D eigenvalue weighted by molar-refractivity contribution is 0.0784. The predicted octanol–water partition coefficient (Wildman–Crippen LogP) is 3.28. The molecule has 0 aliphatic carbocycles. The first-order valence-corrected chi connectivity index (χ1v) is 7.59. The van der Waals surface area contributed by atoms with E-state index in [0.717, 1.165) is 26.1 Å². The van der Waals surface area contributed by atoms with Crippen LogP contribution in [0.5, 0.6) is 0 Å². The zero-order valence-electron chi connectivity index (χ0n) is 12.3. The number of hydrogen-bond acceptors (Lipinski definition) is 3. The number of likely N-dealkylation sites (tertiary alicyclic amines) is 1. The molecular formula is C15H22ClN3O. The summed E-state index contributed by atoms with van der Waals surface area (Å²) in [6, 6.07) is 1.71. The van der Waals surface area contributed by atoms with Gasteiger partial charge in [-0.2, -0.15) is 0 Å². The van der Waals surface area contributed by atoms with Crippen molar-refractivity contribution in [1.29, 1.82) is 0 Å². The second kappa shape index (κ2) is 6.44. The third-order valence-electron chi connectivity index (χ3n) is 3.91. The Morgan fingerprint density at radius 3 is 2.65 bits per heavy atom. The Labute approximate surface area is 125 Å². The molecule has 0 aromatic carbocycles. The highest BCUT2D eigenvalue weighted by Gasteiger charge is 2.30. The predicted molar refractivity (Wildman–Crippen MR) is 82.3 cm³/mol. The van der Waals surface area contributed by atoms with Crippen molar-refractivity contribution < 1.29 is 4.79 Å². The largest absolute Gasteiger partial charge is 0.369 e. The number of pyridine rings is 1. The van der Waals surface area contributed by atoms with Gasteiger partial charge in [0.2, 0.25) is 0 Å². The topological polar surface area (TPSA) is 45.2 Å². The van der Waals surface area contributed by atoms with E-state index in [1.165, 1.54) is 0 Å². The number of halogens is 1. The number of carbonyl (C=O) groups excluding carboxylic acids is 1. The summed E-state index contributed by atoms with van der Waals surface area (Å²) >= 11 is 6.18. The van der Waals surface area contributed by atoms with E-state index in [9.17, 15) is 4.79 Å². The highest BCUT2D eigenvalue weighted by molar-refractivity contribution is 6.33. The third kappa shape index (κ3) is 3.23. The SMILES string of the molecule is CCCNc1ncc(C(=O)N2CC(C)C(C)C2)cc1Cl. The Morgan fingerprint density at radius 2 is 2.10 bits per heavy atom. The first-order valence-electron chi connectivity index (χ1n) is 7.21. The van der Waals surface area contributed by atoms with Gasteiger partial charge in [0.15, 0.2) is 0 Å². The van der Waals surface area contributed by atoms with Crippen LogP contribution < -0.4 is 5.32 Å². The molecule has 1 aromatic rings. The molecular weight excluding hydrogens is 274 g/mol. The summed E-state index contributed by atoms with van der Waals surface area (Å²) in [6.07, 6.45) is 2.61. The van der Waals surface area contributed by atoms with Crippen molar-refractivity contribution in [3.05, 3.63) is 22.8 Å². The number of aromatic nitrogens is 1. The van der Waals surface area contributed by atoms with Crippen LogP contribution in [-0.4, -0.2) is 35.4 Å². The molecule has 1 fully saturated rings. The Bertz CT molecular complexity index is 482. The molecule has 1 N–H and O–H groups in total. The van der Waals surface area contributed by atoms with Crippen LogP contribution in [0.1, 0.15) is 37.6 Å². The van der Waals surface area contributed by atoms with E-state index < -0.39 is 0 Å². The number of nitrogens with zero attached hydrogens (tertiary/aromatic N) is 2. The summed E-state index contributed by atoms with van der Waals surface area (Å²) in [7, 11) is 0. The van der Waals surface area contributed by atoms with Gasteiger partial charge >= 0.3 is 0 Å². The van der Waals surface area contributed by atoms with Gasteiger partial charge in [-0.3, -0.25) is 4.79 Å². The molecule has 2 atom stereocenters. The Morgan fingerprint density at radius 1 is 1.45 bits per heavy atom. The van der Waals surface area contributed by atoms with Crippen LogP contribution in [-0.2, 0) is 0 Å². The van der Waals surface area contributed by atoms with Gasteiger partial charge in [-0.15, -0.1) is 0 Å². The summed E-state index contributed by atoms with van der Waals surface area (Å²) in [5.41, 5.74) is 0.568. The lowest BCUT2D eigenvalue weighted by Gasteiger charge is -2.16. The second-order valence-corrected chi connectivity index (χ2v) is 6.05. The summed E-state index contributed by atoms with van der Waals surface area (Å²) < 4.78 is 0. The molecule has 0 radical (unpaired) electrons. The Kier molecular flexibility index (Phi) is 4.86. The summed E-state index contributed by atoms with van der Waals surface area (Å²) in [6.45, 7) is 8.89. The number of carbonyl (C=O) groups is 1. The van der Waals surface area contributed by atoms with Crippen LogP contribution in [0, 0.1) is 11.8 Å². The average Bonchev–Trinajstić information content (AvgIpc) is 2.76. The highest BCUT2D eigenvalue weighted by Crippen LogP contribution is 2.25. The molecule has 0 bridgehead atoms. The molecule has 1 amide bonds. The van der Waals surface area contributed by atoms with Gasteiger partial charge in [-0.1, -0.05) is 32.4 Å². The fourth-order valence-electron chi connectivity index (χ4n) is 2.41. The molecule has 20 heavy (non-hydrogen) atoms. The van der Waals surface area contributed by atoms with Gasteiger partial charge in [-0.05, 0) is 24.3 Å². The molecule has 2 heterocycles. The fourth-order valence-corrected chi connectivity index (χ4v) is 2.64. The lowest BCUT2D eigenvalue weighted by atomic mass is 10.0. The molecule has 2 unspecified atom stereocenters. The van der Waals surface area contributed by atoms with Crippen molar-refractivity contribution in [2.75, 3.05) is 25.0 Å². The summed E-state index contributed by atoms with van der Waals surface area (Å²) in [5.74, 6) is 1.77. The molecule has 1 saturated heterocycles. The second-order valence-electron chi connectivity index (χ2n) is 5.65.